The maximum Gasteiger partial charge on any atom is 0.425 e. The molecule has 2 aromatic carbocycles. The number of rotatable bonds is 2. The summed E-state index contributed by atoms with van der Waals surface area (Å²) in [5, 5.41) is 10.0. The number of benzene rings is 2. The van der Waals surface area contributed by atoms with Crippen molar-refractivity contribution >= 4 is 17.5 Å². The van der Waals surface area contributed by atoms with Crippen molar-refractivity contribution in [3.63, 3.8) is 0 Å². The van der Waals surface area contributed by atoms with Gasteiger partial charge in [-0.2, -0.15) is 18.4 Å². The zero-order chi connectivity index (χ0) is 21.6. The zero-order valence-electron chi connectivity index (χ0n) is 15.3. The van der Waals surface area contributed by atoms with Gasteiger partial charge in [0.15, 0.2) is 11.8 Å². The number of nitrogens with zero attached hydrogens (tertiary/aromatic N) is 2. The minimum Gasteiger partial charge on any atom is -0.294 e. The number of primary amides is 1. The minimum atomic E-state index is -4.59. The first-order valence-electron chi connectivity index (χ1n) is 9.02. The van der Waals surface area contributed by atoms with E-state index in [1.165, 1.54) is 24.3 Å². The topological polar surface area (TPSA) is 77.8 Å². The highest BCUT2D eigenvalue weighted by Crippen LogP contribution is 2.39. The SMILES string of the molecule is N#Cc1ccc(C2[NH2+]C(=O)N(c3cccc(C(F)(F)F)c3)C3=C2C(=O)CC3)c(F)c1. The lowest BCUT2D eigenvalue weighted by molar-refractivity contribution is -0.592. The second-order valence-electron chi connectivity index (χ2n) is 7.00. The highest BCUT2D eigenvalue weighted by atomic mass is 19.4. The Labute approximate surface area is 168 Å². The number of carbonyl (C=O) groups excluding carboxylic acids is 2. The number of anilines is 1. The number of nitrogens with two attached hydrogens (primary N) is 1. The summed E-state index contributed by atoms with van der Waals surface area (Å²) in [6.45, 7) is 0. The number of carbonyl (C=O) groups is 2. The second-order valence-corrected chi connectivity index (χ2v) is 7.00. The zero-order valence-corrected chi connectivity index (χ0v) is 15.3. The molecule has 1 aliphatic heterocycles. The summed E-state index contributed by atoms with van der Waals surface area (Å²) >= 11 is 0. The number of allylic oxidation sites excluding steroid dienone is 1. The fourth-order valence-electron chi connectivity index (χ4n) is 3.88. The number of alkyl halides is 3. The van der Waals surface area contributed by atoms with Crippen molar-refractivity contribution in [3.05, 3.63) is 76.2 Å². The number of halogens is 4. The van der Waals surface area contributed by atoms with Crippen LogP contribution in [0.1, 0.15) is 35.6 Å². The van der Waals surface area contributed by atoms with Crippen LogP contribution in [0, 0.1) is 17.1 Å². The molecule has 152 valence electrons. The van der Waals surface area contributed by atoms with E-state index in [0.717, 1.165) is 28.4 Å². The first-order chi connectivity index (χ1) is 14.2. The Hall–Kier alpha value is -3.51. The molecule has 0 saturated heterocycles. The van der Waals surface area contributed by atoms with Crippen LogP contribution in [0.25, 0.3) is 0 Å². The summed E-state index contributed by atoms with van der Waals surface area (Å²) < 4.78 is 53.9. The van der Waals surface area contributed by atoms with Crippen molar-refractivity contribution < 1.29 is 32.5 Å². The van der Waals surface area contributed by atoms with Crippen molar-refractivity contribution in [2.24, 2.45) is 0 Å². The molecule has 4 rings (SSSR count). The molecular weight excluding hydrogens is 402 g/mol. The maximum absolute atomic E-state index is 14.6. The van der Waals surface area contributed by atoms with Crippen molar-refractivity contribution in [2.45, 2.75) is 25.1 Å². The molecule has 1 aliphatic carbocycles. The number of hydrogen-bond donors (Lipinski definition) is 1. The maximum atomic E-state index is 14.6. The third-order valence-electron chi connectivity index (χ3n) is 5.21. The molecule has 2 N–H and O–H groups in total. The van der Waals surface area contributed by atoms with Crippen LogP contribution in [0.4, 0.5) is 28.0 Å². The van der Waals surface area contributed by atoms with Crippen molar-refractivity contribution in [3.8, 4) is 6.07 Å². The molecule has 2 aromatic rings. The number of amides is 2. The lowest BCUT2D eigenvalue weighted by Crippen LogP contribution is -2.93. The average molecular weight is 416 g/mol. The van der Waals surface area contributed by atoms with E-state index >= 15 is 0 Å². The van der Waals surface area contributed by atoms with Crippen LogP contribution in [0.15, 0.2) is 53.7 Å². The predicted octanol–water partition coefficient (Wildman–Crippen LogP) is 3.58. The third-order valence-corrected chi connectivity index (χ3v) is 5.21. The van der Waals surface area contributed by atoms with Crippen molar-refractivity contribution in [1.82, 2.24) is 0 Å². The number of urea groups is 1. The van der Waals surface area contributed by atoms with Gasteiger partial charge in [-0.3, -0.25) is 10.1 Å². The van der Waals surface area contributed by atoms with Gasteiger partial charge in [0.2, 0.25) is 0 Å². The van der Waals surface area contributed by atoms with Gasteiger partial charge in [0, 0.05) is 12.1 Å². The van der Waals surface area contributed by atoms with Crippen LogP contribution >= 0.6 is 0 Å². The molecule has 0 spiro atoms. The Balaban J connectivity index is 1.83. The molecule has 30 heavy (non-hydrogen) atoms. The van der Waals surface area contributed by atoms with Gasteiger partial charge in [-0.05, 0) is 42.8 Å². The van der Waals surface area contributed by atoms with Crippen LogP contribution in [0.5, 0.6) is 0 Å². The van der Waals surface area contributed by atoms with Crippen molar-refractivity contribution in [2.75, 3.05) is 4.90 Å². The number of Topliss-reactive ketones (excluding diaryl/α,β-unsaturated/α-hetero) is 1. The number of nitriles is 1. The largest absolute Gasteiger partial charge is 0.425 e. The molecule has 1 atom stereocenters. The monoisotopic (exact) mass is 416 g/mol. The Bertz CT molecular complexity index is 1150. The van der Waals surface area contributed by atoms with Crippen LogP contribution in [-0.2, 0) is 11.0 Å². The van der Waals surface area contributed by atoms with E-state index in [4.69, 9.17) is 5.26 Å². The first kappa shape index (κ1) is 19.8. The molecule has 0 saturated carbocycles. The summed E-state index contributed by atoms with van der Waals surface area (Å²) in [5.41, 5.74) is -0.299. The van der Waals surface area contributed by atoms with Crippen LogP contribution < -0.4 is 10.2 Å². The smallest absolute Gasteiger partial charge is 0.294 e. The van der Waals surface area contributed by atoms with Gasteiger partial charge in [-0.15, -0.1) is 0 Å². The average Bonchev–Trinajstić information content (AvgIpc) is 3.08. The third kappa shape index (κ3) is 3.25. The van der Waals surface area contributed by atoms with E-state index in [9.17, 15) is 27.2 Å². The molecule has 0 radical (unpaired) electrons. The predicted molar refractivity (Wildman–Crippen MR) is 96.4 cm³/mol. The molecule has 2 amide bonds. The summed E-state index contributed by atoms with van der Waals surface area (Å²) in [7, 11) is 0. The van der Waals surface area contributed by atoms with Gasteiger partial charge >= 0.3 is 12.2 Å². The van der Waals surface area contributed by atoms with Gasteiger partial charge in [0.1, 0.15) is 5.82 Å². The van der Waals surface area contributed by atoms with Crippen molar-refractivity contribution in [1.29, 1.82) is 5.26 Å². The Morgan fingerprint density at radius 1 is 1.10 bits per heavy atom. The van der Waals surface area contributed by atoms with Gasteiger partial charge < -0.3 is 0 Å². The molecule has 1 unspecified atom stereocenters. The summed E-state index contributed by atoms with van der Waals surface area (Å²) in [5.74, 6) is -1.03. The minimum absolute atomic E-state index is 0.00738. The molecule has 1 heterocycles. The summed E-state index contributed by atoms with van der Waals surface area (Å²) in [6, 6.07) is 8.25. The molecule has 2 aliphatic rings. The van der Waals surface area contributed by atoms with Gasteiger partial charge in [-0.25, -0.2) is 14.1 Å². The van der Waals surface area contributed by atoms with Gasteiger partial charge in [0.25, 0.3) is 0 Å². The van der Waals surface area contributed by atoms with Crippen LogP contribution in [0.2, 0.25) is 0 Å². The molecule has 0 fully saturated rings. The van der Waals surface area contributed by atoms with Crippen LogP contribution in [0.3, 0.4) is 0 Å². The van der Waals surface area contributed by atoms with Gasteiger partial charge in [0.05, 0.1) is 34.0 Å². The Morgan fingerprint density at radius 2 is 1.87 bits per heavy atom. The highest BCUT2D eigenvalue weighted by molar-refractivity contribution is 6.05. The Kier molecular flexibility index (Phi) is 4.67. The lowest BCUT2D eigenvalue weighted by Gasteiger charge is -2.31. The number of hydrogen-bond acceptors (Lipinski definition) is 3. The quantitative estimate of drug-likeness (QED) is 0.761. The molecule has 0 bridgehead atoms. The summed E-state index contributed by atoms with van der Waals surface area (Å²) in [6.07, 6.45) is -4.34. The molecule has 5 nitrogen and oxygen atoms in total. The normalized spacial score (nSPS) is 19.2. The van der Waals surface area contributed by atoms with E-state index in [-0.39, 0.29) is 46.7 Å². The van der Waals surface area contributed by atoms with E-state index in [1.807, 2.05) is 6.07 Å². The molecule has 9 heteroatoms. The fourth-order valence-corrected chi connectivity index (χ4v) is 3.88. The van der Waals surface area contributed by atoms with E-state index < -0.39 is 29.6 Å². The van der Waals surface area contributed by atoms with E-state index in [1.54, 1.807) is 0 Å². The first-order valence-corrected chi connectivity index (χ1v) is 9.02. The van der Waals surface area contributed by atoms with Gasteiger partial charge in [-0.1, -0.05) is 6.07 Å². The molecule has 0 aromatic heterocycles. The standard InChI is InChI=1S/C21H13F4N3O2/c22-15-8-11(10-26)4-5-14(15)19-18-16(6-7-17(18)29)28(20(30)27-19)13-3-1-2-12(9-13)21(23,24)25/h1-5,8-9,19H,6-7H2,(H,27,30)/p+1. The second kappa shape index (κ2) is 7.07. The fraction of sp³-hybridized carbons (Fsp3) is 0.190. The number of ketones is 1. The molecular formula is C21H14F4N3O2+. The van der Waals surface area contributed by atoms with E-state index in [0.29, 0.717) is 0 Å². The number of quaternary nitrogens is 1. The highest BCUT2D eigenvalue weighted by Gasteiger charge is 2.45. The van der Waals surface area contributed by atoms with Crippen LogP contribution in [-0.4, -0.2) is 11.8 Å². The summed E-state index contributed by atoms with van der Waals surface area (Å²) in [4.78, 5) is 26.5. The Morgan fingerprint density at radius 3 is 2.53 bits per heavy atom. The van der Waals surface area contributed by atoms with E-state index in [2.05, 4.69) is 0 Å². The lowest BCUT2D eigenvalue weighted by atomic mass is 9.93.